The second kappa shape index (κ2) is 5.18. The molecule has 0 spiro atoms. The summed E-state index contributed by atoms with van der Waals surface area (Å²) < 4.78 is 0. The number of halogens is 1. The maximum Gasteiger partial charge on any atom is 0.0406 e. The fraction of sp³-hybridized carbons (Fsp3) is 0.200. The van der Waals surface area contributed by atoms with E-state index in [-0.39, 0.29) is 0 Å². The summed E-state index contributed by atoms with van der Waals surface area (Å²) in [5, 5.41) is 0.798. The molecule has 1 heteroatoms. The van der Waals surface area contributed by atoms with E-state index in [0.29, 0.717) is 5.92 Å². The van der Waals surface area contributed by atoms with Crippen molar-refractivity contribution < 1.29 is 0 Å². The SMILES string of the molecule is CC[C@@H](c1ccccc1)c1ccc(Cl)cc1. The Labute approximate surface area is 102 Å². The molecule has 0 saturated heterocycles. The third-order valence-electron chi connectivity index (χ3n) is 2.88. The fourth-order valence-electron chi connectivity index (χ4n) is 2.04. The van der Waals surface area contributed by atoms with Crippen LogP contribution >= 0.6 is 11.6 Å². The molecule has 0 fully saturated rings. The minimum atomic E-state index is 0.471. The average Bonchev–Trinajstić information content (AvgIpc) is 2.34. The standard InChI is InChI=1S/C15H15Cl/c1-2-15(12-6-4-3-5-7-12)13-8-10-14(16)11-9-13/h3-11,15H,2H2,1H3/t15-/m0/s1. The van der Waals surface area contributed by atoms with Gasteiger partial charge in [-0.05, 0) is 29.7 Å². The van der Waals surface area contributed by atoms with Gasteiger partial charge in [0.2, 0.25) is 0 Å². The van der Waals surface area contributed by atoms with Crippen molar-refractivity contribution in [2.45, 2.75) is 19.3 Å². The molecule has 0 N–H and O–H groups in total. The molecule has 82 valence electrons. The fourth-order valence-corrected chi connectivity index (χ4v) is 2.17. The van der Waals surface area contributed by atoms with E-state index in [1.54, 1.807) is 0 Å². The molecule has 0 aliphatic rings. The number of benzene rings is 2. The van der Waals surface area contributed by atoms with E-state index in [0.717, 1.165) is 11.4 Å². The van der Waals surface area contributed by atoms with E-state index in [1.165, 1.54) is 11.1 Å². The first-order chi connectivity index (χ1) is 7.81. The first-order valence-corrected chi connectivity index (χ1v) is 5.99. The van der Waals surface area contributed by atoms with Crippen molar-refractivity contribution >= 4 is 11.6 Å². The van der Waals surface area contributed by atoms with E-state index in [9.17, 15) is 0 Å². The van der Waals surface area contributed by atoms with Gasteiger partial charge in [0.1, 0.15) is 0 Å². The van der Waals surface area contributed by atoms with Gasteiger partial charge in [0.15, 0.2) is 0 Å². The van der Waals surface area contributed by atoms with Crippen molar-refractivity contribution in [3.8, 4) is 0 Å². The molecule has 2 aromatic rings. The third kappa shape index (κ3) is 2.45. The van der Waals surface area contributed by atoms with Gasteiger partial charge in [0.05, 0.1) is 0 Å². The zero-order valence-corrected chi connectivity index (χ0v) is 10.1. The topological polar surface area (TPSA) is 0 Å². The van der Waals surface area contributed by atoms with Crippen molar-refractivity contribution in [2.24, 2.45) is 0 Å². The van der Waals surface area contributed by atoms with Crippen molar-refractivity contribution in [1.29, 1.82) is 0 Å². The lowest BCUT2D eigenvalue weighted by Gasteiger charge is -2.15. The second-order valence-corrected chi connectivity index (χ2v) is 4.36. The Bertz CT molecular complexity index is 431. The van der Waals surface area contributed by atoms with E-state index >= 15 is 0 Å². The summed E-state index contributed by atoms with van der Waals surface area (Å²) in [7, 11) is 0. The minimum absolute atomic E-state index is 0.471. The molecule has 0 amide bonds. The summed E-state index contributed by atoms with van der Waals surface area (Å²) in [6, 6.07) is 18.8. The molecule has 0 saturated carbocycles. The maximum atomic E-state index is 5.91. The van der Waals surface area contributed by atoms with E-state index in [1.807, 2.05) is 12.1 Å². The third-order valence-corrected chi connectivity index (χ3v) is 3.13. The van der Waals surface area contributed by atoms with Gasteiger partial charge in [-0.3, -0.25) is 0 Å². The van der Waals surface area contributed by atoms with Gasteiger partial charge >= 0.3 is 0 Å². The summed E-state index contributed by atoms with van der Waals surface area (Å²) in [4.78, 5) is 0. The predicted molar refractivity (Wildman–Crippen MR) is 70.0 cm³/mol. The van der Waals surface area contributed by atoms with E-state index in [4.69, 9.17) is 11.6 Å². The summed E-state index contributed by atoms with van der Waals surface area (Å²) in [5.74, 6) is 0.471. The lowest BCUT2D eigenvalue weighted by molar-refractivity contribution is 0.777. The Balaban J connectivity index is 2.33. The molecule has 16 heavy (non-hydrogen) atoms. The lowest BCUT2D eigenvalue weighted by atomic mass is 9.89. The van der Waals surface area contributed by atoms with Gasteiger partial charge in [-0.25, -0.2) is 0 Å². The van der Waals surface area contributed by atoms with Gasteiger partial charge in [0.25, 0.3) is 0 Å². The highest BCUT2D eigenvalue weighted by Gasteiger charge is 2.10. The maximum absolute atomic E-state index is 5.91. The van der Waals surface area contributed by atoms with Crippen LogP contribution in [0.2, 0.25) is 5.02 Å². The molecule has 2 rings (SSSR count). The monoisotopic (exact) mass is 230 g/mol. The molecule has 0 bridgehead atoms. The molecule has 1 atom stereocenters. The molecule has 0 aromatic heterocycles. The highest BCUT2D eigenvalue weighted by molar-refractivity contribution is 6.30. The van der Waals surface area contributed by atoms with Crippen molar-refractivity contribution in [3.05, 3.63) is 70.7 Å². The van der Waals surface area contributed by atoms with E-state index < -0.39 is 0 Å². The van der Waals surface area contributed by atoms with Gasteiger partial charge in [-0.1, -0.05) is 61.0 Å². The van der Waals surface area contributed by atoms with Crippen LogP contribution in [0.5, 0.6) is 0 Å². The highest BCUT2D eigenvalue weighted by atomic mass is 35.5. The van der Waals surface area contributed by atoms with Crippen LogP contribution in [-0.4, -0.2) is 0 Å². The molecule has 2 aromatic carbocycles. The normalized spacial score (nSPS) is 12.4. The predicted octanol–water partition coefficient (Wildman–Crippen LogP) is 4.88. The van der Waals surface area contributed by atoms with Crippen LogP contribution in [0.4, 0.5) is 0 Å². The highest BCUT2D eigenvalue weighted by Crippen LogP contribution is 2.28. The zero-order valence-electron chi connectivity index (χ0n) is 9.36. The minimum Gasteiger partial charge on any atom is -0.0843 e. The molecule has 0 unspecified atom stereocenters. The van der Waals surface area contributed by atoms with Crippen LogP contribution < -0.4 is 0 Å². The molecule has 0 nitrogen and oxygen atoms in total. The van der Waals surface area contributed by atoms with Crippen LogP contribution in [0.1, 0.15) is 30.4 Å². The van der Waals surface area contributed by atoms with Crippen LogP contribution in [-0.2, 0) is 0 Å². The molecular weight excluding hydrogens is 216 g/mol. The Hall–Kier alpha value is -1.27. The Morgan fingerprint density at radius 3 is 2.00 bits per heavy atom. The molecule has 0 radical (unpaired) electrons. The zero-order chi connectivity index (χ0) is 11.4. The van der Waals surface area contributed by atoms with Crippen LogP contribution in [0.25, 0.3) is 0 Å². The van der Waals surface area contributed by atoms with Gasteiger partial charge in [0, 0.05) is 10.9 Å². The first-order valence-electron chi connectivity index (χ1n) is 5.61. The number of hydrogen-bond donors (Lipinski definition) is 0. The Morgan fingerprint density at radius 1 is 0.875 bits per heavy atom. The Kier molecular flexibility index (Phi) is 3.63. The molecule has 0 aliphatic heterocycles. The van der Waals surface area contributed by atoms with Gasteiger partial charge in [-0.2, -0.15) is 0 Å². The smallest absolute Gasteiger partial charge is 0.0406 e. The summed E-state index contributed by atoms with van der Waals surface area (Å²) in [6.07, 6.45) is 1.10. The number of rotatable bonds is 3. The van der Waals surface area contributed by atoms with Crippen LogP contribution in [0.15, 0.2) is 54.6 Å². The summed E-state index contributed by atoms with van der Waals surface area (Å²) in [6.45, 7) is 2.21. The second-order valence-electron chi connectivity index (χ2n) is 3.92. The van der Waals surface area contributed by atoms with Gasteiger partial charge in [-0.15, -0.1) is 0 Å². The quantitative estimate of drug-likeness (QED) is 0.705. The molecular formula is C15H15Cl. The van der Waals surface area contributed by atoms with Crippen molar-refractivity contribution in [1.82, 2.24) is 0 Å². The lowest BCUT2D eigenvalue weighted by Crippen LogP contribution is -1.98. The summed E-state index contributed by atoms with van der Waals surface area (Å²) in [5.41, 5.74) is 2.70. The number of hydrogen-bond acceptors (Lipinski definition) is 0. The first kappa shape index (κ1) is 11.2. The van der Waals surface area contributed by atoms with Crippen LogP contribution in [0, 0.1) is 0 Å². The van der Waals surface area contributed by atoms with Crippen molar-refractivity contribution in [2.75, 3.05) is 0 Å². The summed E-state index contributed by atoms with van der Waals surface area (Å²) >= 11 is 5.91. The average molecular weight is 231 g/mol. The Morgan fingerprint density at radius 2 is 1.44 bits per heavy atom. The molecule has 0 aliphatic carbocycles. The van der Waals surface area contributed by atoms with E-state index in [2.05, 4.69) is 49.4 Å². The van der Waals surface area contributed by atoms with Crippen molar-refractivity contribution in [3.63, 3.8) is 0 Å². The van der Waals surface area contributed by atoms with Gasteiger partial charge < -0.3 is 0 Å². The molecule has 0 heterocycles. The van der Waals surface area contributed by atoms with Crippen LogP contribution in [0.3, 0.4) is 0 Å². The largest absolute Gasteiger partial charge is 0.0843 e.